The first kappa shape index (κ1) is 12.3. The normalized spacial score (nSPS) is 22.5. The number of carbonyl (C=O) groups excluding carboxylic acids is 3. The Balaban J connectivity index is 1.88. The molecule has 0 saturated carbocycles. The van der Waals surface area contributed by atoms with Gasteiger partial charge in [0, 0.05) is 23.0 Å². The second-order valence-electron chi connectivity index (χ2n) is 4.70. The molecule has 6 heteroatoms. The standard InChI is InChI=1S/C13H11BrN2O3/c14-8-2-1-7-6-16(13(19)9(7)5-8)10-3-4-11(17)15-12(10)18/h1-2,5,10H,3-4,6H2,(H,15,17,18)/t10-/m1/s1. The third kappa shape index (κ3) is 2.06. The van der Waals surface area contributed by atoms with Crippen LogP contribution >= 0.6 is 15.9 Å². The third-order valence-corrected chi connectivity index (χ3v) is 3.98. The summed E-state index contributed by atoms with van der Waals surface area (Å²) in [6, 6.07) is 4.98. The van der Waals surface area contributed by atoms with E-state index in [0.29, 0.717) is 18.5 Å². The third-order valence-electron chi connectivity index (χ3n) is 3.49. The lowest BCUT2D eigenvalue weighted by molar-refractivity contribution is -0.136. The minimum Gasteiger partial charge on any atom is -0.322 e. The molecule has 3 rings (SSSR count). The first-order chi connectivity index (χ1) is 9.06. The van der Waals surface area contributed by atoms with Crippen LogP contribution in [0, 0.1) is 0 Å². The molecule has 19 heavy (non-hydrogen) atoms. The molecule has 2 aliphatic heterocycles. The molecule has 2 heterocycles. The van der Waals surface area contributed by atoms with Crippen LogP contribution in [0.25, 0.3) is 0 Å². The molecule has 5 nitrogen and oxygen atoms in total. The Morgan fingerprint density at radius 1 is 1.26 bits per heavy atom. The van der Waals surface area contributed by atoms with Crippen LogP contribution in [0.3, 0.4) is 0 Å². The number of hydrogen-bond acceptors (Lipinski definition) is 3. The van der Waals surface area contributed by atoms with E-state index in [1.165, 1.54) is 0 Å². The van der Waals surface area contributed by atoms with Gasteiger partial charge in [-0.25, -0.2) is 0 Å². The van der Waals surface area contributed by atoms with Gasteiger partial charge < -0.3 is 4.90 Å². The summed E-state index contributed by atoms with van der Waals surface area (Å²) in [5.74, 6) is -0.796. The number of nitrogens with one attached hydrogen (secondary N) is 1. The number of nitrogens with zero attached hydrogens (tertiary/aromatic N) is 1. The van der Waals surface area contributed by atoms with Crippen LogP contribution in [0.1, 0.15) is 28.8 Å². The van der Waals surface area contributed by atoms with Gasteiger partial charge in [-0.05, 0) is 24.1 Å². The molecule has 1 atom stereocenters. The molecule has 2 aliphatic rings. The van der Waals surface area contributed by atoms with Crippen molar-refractivity contribution in [3.05, 3.63) is 33.8 Å². The van der Waals surface area contributed by atoms with Crippen LogP contribution in [0.2, 0.25) is 0 Å². The number of rotatable bonds is 1. The molecule has 1 fully saturated rings. The summed E-state index contributed by atoms with van der Waals surface area (Å²) in [5.41, 5.74) is 1.54. The van der Waals surface area contributed by atoms with E-state index >= 15 is 0 Å². The van der Waals surface area contributed by atoms with E-state index in [4.69, 9.17) is 0 Å². The fraction of sp³-hybridized carbons (Fsp3) is 0.308. The minimum absolute atomic E-state index is 0.147. The molecule has 3 amide bonds. The lowest BCUT2D eigenvalue weighted by Crippen LogP contribution is -2.52. The van der Waals surface area contributed by atoms with Gasteiger partial charge in [-0.3, -0.25) is 19.7 Å². The molecule has 0 unspecified atom stereocenters. The van der Waals surface area contributed by atoms with Crippen molar-refractivity contribution in [2.24, 2.45) is 0 Å². The Labute approximate surface area is 118 Å². The fourth-order valence-electron chi connectivity index (χ4n) is 2.53. The summed E-state index contributed by atoms with van der Waals surface area (Å²) in [5, 5.41) is 2.28. The molecular formula is C13H11BrN2O3. The van der Waals surface area contributed by atoms with E-state index in [2.05, 4.69) is 21.2 Å². The fourth-order valence-corrected chi connectivity index (χ4v) is 2.89. The molecule has 1 saturated heterocycles. The minimum atomic E-state index is -0.545. The molecular weight excluding hydrogens is 312 g/mol. The van der Waals surface area contributed by atoms with E-state index in [1.807, 2.05) is 12.1 Å². The highest BCUT2D eigenvalue weighted by molar-refractivity contribution is 9.10. The van der Waals surface area contributed by atoms with Crippen LogP contribution in [0.15, 0.2) is 22.7 Å². The van der Waals surface area contributed by atoms with Crippen molar-refractivity contribution < 1.29 is 14.4 Å². The van der Waals surface area contributed by atoms with Crippen LogP contribution in [0.5, 0.6) is 0 Å². The maximum atomic E-state index is 12.3. The monoisotopic (exact) mass is 322 g/mol. The molecule has 0 aliphatic carbocycles. The van der Waals surface area contributed by atoms with Crippen LogP contribution < -0.4 is 5.32 Å². The molecule has 0 bridgehead atoms. The SMILES string of the molecule is O=C1CC[C@@H](N2Cc3ccc(Br)cc3C2=O)C(=O)N1. The van der Waals surface area contributed by atoms with Gasteiger partial charge in [0.1, 0.15) is 6.04 Å². The molecule has 0 radical (unpaired) electrons. The number of piperidine rings is 1. The lowest BCUT2D eigenvalue weighted by Gasteiger charge is -2.29. The van der Waals surface area contributed by atoms with Gasteiger partial charge in [0.15, 0.2) is 0 Å². The quantitative estimate of drug-likeness (QED) is 0.790. The van der Waals surface area contributed by atoms with Crippen LogP contribution in [-0.4, -0.2) is 28.7 Å². The van der Waals surface area contributed by atoms with Gasteiger partial charge in [-0.15, -0.1) is 0 Å². The van der Waals surface area contributed by atoms with Gasteiger partial charge in [0.2, 0.25) is 11.8 Å². The van der Waals surface area contributed by atoms with Crippen molar-refractivity contribution in [3.8, 4) is 0 Å². The zero-order chi connectivity index (χ0) is 13.6. The Morgan fingerprint density at radius 3 is 2.79 bits per heavy atom. The van der Waals surface area contributed by atoms with E-state index in [1.54, 1.807) is 11.0 Å². The molecule has 0 spiro atoms. The molecule has 1 N–H and O–H groups in total. The number of imide groups is 1. The number of fused-ring (bicyclic) bond motifs is 1. The van der Waals surface area contributed by atoms with Crippen molar-refractivity contribution in [1.29, 1.82) is 0 Å². The maximum Gasteiger partial charge on any atom is 0.255 e. The summed E-state index contributed by atoms with van der Waals surface area (Å²) >= 11 is 3.33. The number of amides is 3. The Bertz CT molecular complexity index is 600. The number of benzene rings is 1. The van der Waals surface area contributed by atoms with Crippen molar-refractivity contribution >= 4 is 33.7 Å². The second-order valence-corrected chi connectivity index (χ2v) is 5.62. The highest BCUT2D eigenvalue weighted by Gasteiger charge is 2.38. The van der Waals surface area contributed by atoms with Gasteiger partial charge in [0.05, 0.1) is 0 Å². The Hall–Kier alpha value is -1.69. The summed E-state index contributed by atoms with van der Waals surface area (Å²) in [4.78, 5) is 36.8. The smallest absolute Gasteiger partial charge is 0.255 e. The largest absolute Gasteiger partial charge is 0.322 e. The average molecular weight is 323 g/mol. The van der Waals surface area contributed by atoms with Crippen molar-refractivity contribution in [2.75, 3.05) is 0 Å². The Kier molecular flexibility index (Phi) is 2.89. The van der Waals surface area contributed by atoms with Crippen molar-refractivity contribution in [1.82, 2.24) is 10.2 Å². The van der Waals surface area contributed by atoms with Crippen LogP contribution in [0.4, 0.5) is 0 Å². The van der Waals surface area contributed by atoms with Gasteiger partial charge in [-0.2, -0.15) is 0 Å². The molecule has 0 aromatic heterocycles. The summed E-state index contributed by atoms with van der Waals surface area (Å²) in [7, 11) is 0. The zero-order valence-electron chi connectivity index (χ0n) is 9.98. The summed E-state index contributed by atoms with van der Waals surface area (Å²) < 4.78 is 0.838. The average Bonchev–Trinajstić information content (AvgIpc) is 2.67. The predicted molar refractivity (Wildman–Crippen MR) is 70.2 cm³/mol. The maximum absolute atomic E-state index is 12.3. The second kappa shape index (κ2) is 4.45. The van der Waals surface area contributed by atoms with E-state index in [0.717, 1.165) is 10.0 Å². The lowest BCUT2D eigenvalue weighted by atomic mass is 10.0. The van der Waals surface area contributed by atoms with Crippen molar-refractivity contribution in [2.45, 2.75) is 25.4 Å². The Morgan fingerprint density at radius 2 is 2.05 bits per heavy atom. The van der Waals surface area contributed by atoms with Crippen LogP contribution in [-0.2, 0) is 16.1 Å². The number of carbonyl (C=O) groups is 3. The molecule has 1 aromatic carbocycles. The van der Waals surface area contributed by atoms with E-state index < -0.39 is 6.04 Å². The summed E-state index contributed by atoms with van der Waals surface area (Å²) in [6.45, 7) is 0.424. The van der Waals surface area contributed by atoms with Gasteiger partial charge in [0.25, 0.3) is 5.91 Å². The van der Waals surface area contributed by atoms with E-state index in [9.17, 15) is 14.4 Å². The number of halogens is 1. The van der Waals surface area contributed by atoms with Crippen molar-refractivity contribution in [3.63, 3.8) is 0 Å². The topological polar surface area (TPSA) is 66.5 Å². The first-order valence-electron chi connectivity index (χ1n) is 5.99. The van der Waals surface area contributed by atoms with Gasteiger partial charge in [-0.1, -0.05) is 22.0 Å². The number of hydrogen-bond donors (Lipinski definition) is 1. The first-order valence-corrected chi connectivity index (χ1v) is 6.78. The molecule has 98 valence electrons. The zero-order valence-corrected chi connectivity index (χ0v) is 11.6. The highest BCUT2D eigenvalue weighted by Crippen LogP contribution is 2.29. The van der Waals surface area contributed by atoms with Gasteiger partial charge >= 0.3 is 0 Å². The molecule has 1 aromatic rings. The predicted octanol–water partition coefficient (Wildman–Crippen LogP) is 1.21. The summed E-state index contributed by atoms with van der Waals surface area (Å²) in [6.07, 6.45) is 0.672. The van der Waals surface area contributed by atoms with E-state index in [-0.39, 0.29) is 24.1 Å². The highest BCUT2D eigenvalue weighted by atomic mass is 79.9.